The van der Waals surface area contributed by atoms with Crippen molar-refractivity contribution < 1.29 is 19.8 Å². The molecule has 0 aromatic carbocycles. The van der Waals surface area contributed by atoms with E-state index in [0.29, 0.717) is 11.4 Å². The molecule has 3 rings (SSSR count). The first kappa shape index (κ1) is 16.7. The number of fused-ring (bicyclic) bond motifs is 2. The van der Waals surface area contributed by atoms with Gasteiger partial charge in [0.2, 0.25) is 11.6 Å². The maximum absolute atomic E-state index is 12.7. The molecule has 2 aromatic rings. The van der Waals surface area contributed by atoms with Gasteiger partial charge in [-0.15, -0.1) is 0 Å². The molecular weight excluding hydrogens is 308 g/mol. The summed E-state index contributed by atoms with van der Waals surface area (Å²) in [5.74, 6) is -0.692. The highest BCUT2D eigenvalue weighted by Gasteiger charge is 2.35. The first-order valence-electron chi connectivity index (χ1n) is 8.13. The van der Waals surface area contributed by atoms with Gasteiger partial charge in [0.15, 0.2) is 0 Å². The average Bonchev–Trinajstić information content (AvgIpc) is 3.16. The summed E-state index contributed by atoms with van der Waals surface area (Å²) in [5.41, 5.74) is 1.84. The number of H-pyrrole nitrogens is 2. The Morgan fingerprint density at radius 2 is 1.08 bits per heavy atom. The van der Waals surface area contributed by atoms with E-state index in [9.17, 15) is 19.8 Å². The fourth-order valence-electron chi connectivity index (χ4n) is 2.97. The monoisotopic (exact) mass is 330 g/mol. The third kappa shape index (κ3) is 2.42. The highest BCUT2D eigenvalue weighted by molar-refractivity contribution is 6.27. The molecule has 0 aliphatic heterocycles. The van der Waals surface area contributed by atoms with Crippen LogP contribution in [-0.4, -0.2) is 31.7 Å². The minimum Gasteiger partial charge on any atom is -0.387 e. The molecule has 6 nitrogen and oxygen atoms in total. The Morgan fingerprint density at radius 1 is 0.750 bits per heavy atom. The van der Waals surface area contributed by atoms with Crippen LogP contribution in [0.4, 0.5) is 0 Å². The minimum absolute atomic E-state index is 0.0408. The van der Waals surface area contributed by atoms with Crippen LogP contribution in [-0.2, 0) is 0 Å². The van der Waals surface area contributed by atoms with E-state index in [0.717, 1.165) is 0 Å². The van der Waals surface area contributed by atoms with Crippen molar-refractivity contribution in [3.05, 3.63) is 46.0 Å². The van der Waals surface area contributed by atoms with Crippen LogP contribution in [0.15, 0.2) is 12.1 Å². The number of aliphatic hydroxyl groups is 2. The Balaban J connectivity index is 2.05. The maximum atomic E-state index is 12.7. The number of nitrogens with one attached hydrogen (secondary N) is 2. The Kier molecular flexibility index (Phi) is 3.97. The molecule has 1 aliphatic rings. The van der Waals surface area contributed by atoms with E-state index >= 15 is 0 Å². The Labute approximate surface area is 139 Å². The number of aromatic nitrogens is 2. The quantitative estimate of drug-likeness (QED) is 0.589. The third-order valence-electron chi connectivity index (χ3n) is 4.52. The normalized spacial score (nSPS) is 16.5. The van der Waals surface area contributed by atoms with Crippen LogP contribution in [0.3, 0.4) is 0 Å². The lowest BCUT2D eigenvalue weighted by molar-refractivity contribution is 0.0974. The van der Waals surface area contributed by atoms with Crippen LogP contribution in [0.25, 0.3) is 0 Å². The van der Waals surface area contributed by atoms with Gasteiger partial charge in [-0.25, -0.2) is 0 Å². The molecule has 6 heteroatoms. The van der Waals surface area contributed by atoms with Gasteiger partial charge >= 0.3 is 0 Å². The molecule has 2 heterocycles. The van der Waals surface area contributed by atoms with Crippen LogP contribution < -0.4 is 0 Å². The van der Waals surface area contributed by atoms with E-state index in [1.165, 1.54) is 0 Å². The smallest absolute Gasteiger partial charge is 0.212 e. The van der Waals surface area contributed by atoms with Crippen LogP contribution in [0, 0.1) is 11.8 Å². The van der Waals surface area contributed by atoms with Gasteiger partial charge in [0.1, 0.15) is 0 Å². The summed E-state index contributed by atoms with van der Waals surface area (Å²) in [6.07, 6.45) is -1.54. The number of aromatic amines is 2. The highest BCUT2D eigenvalue weighted by atomic mass is 16.3. The molecule has 0 radical (unpaired) electrons. The lowest BCUT2D eigenvalue weighted by Crippen LogP contribution is -2.19. The molecule has 24 heavy (non-hydrogen) atoms. The SMILES string of the molecule is CC(C)[C@@H](O)c1cc2c([nH]1)C(=O)c1cc([C@H](O)C(C)C)[nH]c1C2=O. The van der Waals surface area contributed by atoms with Gasteiger partial charge in [-0.05, 0) is 24.0 Å². The molecule has 0 unspecified atom stereocenters. The molecule has 2 atom stereocenters. The molecule has 1 aliphatic carbocycles. The lowest BCUT2D eigenvalue weighted by Gasteiger charge is -2.12. The second kappa shape index (κ2) is 5.72. The number of carbonyl (C=O) groups excluding carboxylic acids is 2. The maximum Gasteiger partial charge on any atom is 0.212 e. The summed E-state index contributed by atoms with van der Waals surface area (Å²) in [6, 6.07) is 3.09. The number of hydrogen-bond acceptors (Lipinski definition) is 4. The van der Waals surface area contributed by atoms with E-state index in [-0.39, 0.29) is 45.9 Å². The van der Waals surface area contributed by atoms with Crippen molar-refractivity contribution in [2.24, 2.45) is 11.8 Å². The number of hydrogen-bond donors (Lipinski definition) is 4. The second-order valence-corrected chi connectivity index (χ2v) is 7.06. The van der Waals surface area contributed by atoms with Crippen molar-refractivity contribution in [3.63, 3.8) is 0 Å². The molecule has 0 saturated heterocycles. The van der Waals surface area contributed by atoms with E-state index in [2.05, 4.69) is 9.97 Å². The summed E-state index contributed by atoms with van der Waals surface area (Å²) in [6.45, 7) is 7.43. The van der Waals surface area contributed by atoms with Crippen molar-refractivity contribution in [2.75, 3.05) is 0 Å². The second-order valence-electron chi connectivity index (χ2n) is 7.06. The van der Waals surface area contributed by atoms with Gasteiger partial charge in [0, 0.05) is 11.4 Å². The average molecular weight is 330 g/mol. The first-order chi connectivity index (χ1) is 11.2. The van der Waals surface area contributed by atoms with Gasteiger partial charge in [-0.2, -0.15) is 0 Å². The van der Waals surface area contributed by atoms with Crippen molar-refractivity contribution in [3.8, 4) is 0 Å². The van der Waals surface area contributed by atoms with Crippen molar-refractivity contribution in [1.82, 2.24) is 9.97 Å². The van der Waals surface area contributed by atoms with Crippen LogP contribution >= 0.6 is 0 Å². The summed E-state index contributed by atoms with van der Waals surface area (Å²) in [5, 5.41) is 20.3. The molecule has 0 fully saturated rings. The van der Waals surface area contributed by atoms with E-state index < -0.39 is 12.2 Å². The minimum atomic E-state index is -0.770. The summed E-state index contributed by atoms with van der Waals surface area (Å²) in [4.78, 5) is 31.2. The number of ketones is 2. The fraction of sp³-hybridized carbons (Fsp3) is 0.444. The van der Waals surface area contributed by atoms with Gasteiger partial charge in [-0.3, -0.25) is 9.59 Å². The molecule has 4 N–H and O–H groups in total. The van der Waals surface area contributed by atoms with E-state index in [4.69, 9.17) is 0 Å². The van der Waals surface area contributed by atoms with E-state index in [1.807, 2.05) is 27.7 Å². The molecule has 128 valence electrons. The topological polar surface area (TPSA) is 106 Å². The lowest BCUT2D eigenvalue weighted by atomic mass is 9.93. The zero-order chi connectivity index (χ0) is 17.8. The zero-order valence-corrected chi connectivity index (χ0v) is 14.2. The highest BCUT2D eigenvalue weighted by Crippen LogP contribution is 2.33. The van der Waals surface area contributed by atoms with Crippen LogP contribution in [0.5, 0.6) is 0 Å². The summed E-state index contributed by atoms with van der Waals surface area (Å²) < 4.78 is 0. The predicted octanol–water partition coefficient (Wildman–Crippen LogP) is 2.50. The molecule has 0 saturated carbocycles. The summed E-state index contributed by atoms with van der Waals surface area (Å²) >= 11 is 0. The Morgan fingerprint density at radius 3 is 1.38 bits per heavy atom. The van der Waals surface area contributed by atoms with E-state index in [1.54, 1.807) is 12.1 Å². The number of carbonyl (C=O) groups is 2. The number of rotatable bonds is 4. The van der Waals surface area contributed by atoms with Gasteiger partial charge in [0.25, 0.3) is 0 Å². The standard InChI is InChI=1S/C18H22N2O4/c1-7(2)15(21)11-5-9-13(19-11)18(24)10-6-12(16(22)8(3)4)20-14(10)17(9)23/h5-8,15-16,19-22H,1-4H3/t15-,16-/m1/s1. The molecular formula is C18H22N2O4. The van der Waals surface area contributed by atoms with Gasteiger partial charge < -0.3 is 20.2 Å². The molecule has 2 aromatic heterocycles. The van der Waals surface area contributed by atoms with Gasteiger partial charge in [-0.1, -0.05) is 27.7 Å². The molecule has 0 spiro atoms. The van der Waals surface area contributed by atoms with Crippen molar-refractivity contribution in [1.29, 1.82) is 0 Å². The molecule has 0 amide bonds. The first-order valence-corrected chi connectivity index (χ1v) is 8.13. The fourth-order valence-corrected chi connectivity index (χ4v) is 2.97. The third-order valence-corrected chi connectivity index (χ3v) is 4.52. The van der Waals surface area contributed by atoms with Crippen molar-refractivity contribution >= 4 is 11.6 Å². The Hall–Kier alpha value is -2.18. The van der Waals surface area contributed by atoms with Gasteiger partial charge in [0.05, 0.1) is 34.7 Å². The van der Waals surface area contributed by atoms with Crippen LogP contribution in [0.2, 0.25) is 0 Å². The number of aliphatic hydroxyl groups excluding tert-OH is 2. The van der Waals surface area contributed by atoms with Crippen LogP contribution in [0.1, 0.15) is 83.4 Å². The van der Waals surface area contributed by atoms with Crippen molar-refractivity contribution in [2.45, 2.75) is 39.9 Å². The zero-order valence-electron chi connectivity index (χ0n) is 14.2. The predicted molar refractivity (Wildman–Crippen MR) is 88.0 cm³/mol. The molecule has 0 bridgehead atoms. The summed E-state index contributed by atoms with van der Waals surface area (Å²) in [7, 11) is 0. The Bertz CT molecular complexity index is 698. The largest absolute Gasteiger partial charge is 0.387 e.